The highest BCUT2D eigenvalue weighted by molar-refractivity contribution is 7.92. The maximum absolute atomic E-state index is 12.4. The summed E-state index contributed by atoms with van der Waals surface area (Å²) in [6.07, 6.45) is 0. The van der Waals surface area contributed by atoms with Crippen LogP contribution in [0.15, 0.2) is 65.6 Å². The minimum Gasteiger partial charge on any atom is -0.335 e. The van der Waals surface area contributed by atoms with Crippen LogP contribution >= 0.6 is 0 Å². The van der Waals surface area contributed by atoms with Crippen LogP contribution in [0.2, 0.25) is 0 Å². The summed E-state index contributed by atoms with van der Waals surface area (Å²) in [4.78, 5) is 0.225. The van der Waals surface area contributed by atoms with E-state index in [1.54, 1.807) is 47.0 Å². The van der Waals surface area contributed by atoms with E-state index < -0.39 is 10.0 Å². The first-order valence-electron chi connectivity index (χ1n) is 7.66. The van der Waals surface area contributed by atoms with Crippen molar-refractivity contribution < 1.29 is 8.42 Å². The average Bonchev–Trinajstić information content (AvgIpc) is 2.96. The van der Waals surface area contributed by atoms with E-state index in [4.69, 9.17) is 5.26 Å². The van der Waals surface area contributed by atoms with Crippen LogP contribution in [0.5, 0.6) is 0 Å². The van der Waals surface area contributed by atoms with Gasteiger partial charge in [-0.05, 0) is 48.9 Å². The Labute approximate surface area is 147 Å². The van der Waals surface area contributed by atoms with Crippen molar-refractivity contribution in [3.8, 4) is 17.3 Å². The first-order valence-corrected chi connectivity index (χ1v) is 9.15. The Morgan fingerprint density at radius 2 is 1.60 bits per heavy atom. The number of rotatable bonds is 4. The van der Waals surface area contributed by atoms with Gasteiger partial charge in [-0.25, -0.2) is 8.42 Å². The highest BCUT2D eigenvalue weighted by atomic mass is 32.2. The number of aromatic nitrogens is 1. The Balaban J connectivity index is 1.84. The Hall–Kier alpha value is -3.04. The van der Waals surface area contributed by atoms with E-state index in [0.717, 1.165) is 16.8 Å². The maximum Gasteiger partial charge on any atom is 0.261 e. The summed E-state index contributed by atoms with van der Waals surface area (Å²) in [5.74, 6) is 0. The SMILES string of the molecule is Cc1ccc(S(=O)(=O)Nc2ccc(-c3ccc(C#N)n3C)cc2)cc1. The van der Waals surface area contributed by atoms with Crippen LogP contribution in [0.1, 0.15) is 11.3 Å². The molecule has 0 spiro atoms. The molecule has 0 saturated carbocycles. The van der Waals surface area contributed by atoms with Crippen molar-refractivity contribution in [3.63, 3.8) is 0 Å². The molecule has 126 valence electrons. The molecule has 0 amide bonds. The van der Waals surface area contributed by atoms with Gasteiger partial charge in [-0.1, -0.05) is 29.8 Å². The van der Waals surface area contributed by atoms with Gasteiger partial charge in [-0.2, -0.15) is 5.26 Å². The van der Waals surface area contributed by atoms with E-state index in [2.05, 4.69) is 10.8 Å². The molecule has 0 aliphatic carbocycles. The van der Waals surface area contributed by atoms with Gasteiger partial charge in [0.2, 0.25) is 0 Å². The fourth-order valence-corrected chi connectivity index (χ4v) is 3.61. The van der Waals surface area contributed by atoms with Crippen LogP contribution < -0.4 is 4.72 Å². The lowest BCUT2D eigenvalue weighted by atomic mass is 10.1. The molecule has 0 fully saturated rings. The third kappa shape index (κ3) is 3.42. The number of hydrogen-bond donors (Lipinski definition) is 1. The van der Waals surface area contributed by atoms with Crippen LogP contribution in [0.3, 0.4) is 0 Å². The summed E-state index contributed by atoms with van der Waals surface area (Å²) >= 11 is 0. The number of hydrogen-bond acceptors (Lipinski definition) is 3. The average molecular weight is 351 g/mol. The van der Waals surface area contributed by atoms with Crippen LogP contribution in [-0.2, 0) is 17.1 Å². The molecule has 0 bridgehead atoms. The third-order valence-corrected chi connectivity index (χ3v) is 5.40. The molecular weight excluding hydrogens is 334 g/mol. The Morgan fingerprint density at radius 1 is 0.960 bits per heavy atom. The van der Waals surface area contributed by atoms with Crippen molar-refractivity contribution in [2.45, 2.75) is 11.8 Å². The maximum atomic E-state index is 12.4. The van der Waals surface area contributed by atoms with Gasteiger partial charge in [-0.3, -0.25) is 4.72 Å². The van der Waals surface area contributed by atoms with Gasteiger partial charge in [0, 0.05) is 18.4 Å². The second kappa shape index (κ2) is 6.46. The first kappa shape index (κ1) is 16.8. The molecule has 0 unspecified atom stereocenters. The number of nitriles is 1. The Kier molecular flexibility index (Phi) is 4.34. The zero-order chi connectivity index (χ0) is 18.0. The lowest BCUT2D eigenvalue weighted by molar-refractivity contribution is 0.601. The lowest BCUT2D eigenvalue weighted by Crippen LogP contribution is -2.12. The Morgan fingerprint density at radius 3 is 2.16 bits per heavy atom. The van der Waals surface area contributed by atoms with E-state index in [1.165, 1.54) is 0 Å². The summed E-state index contributed by atoms with van der Waals surface area (Å²) in [7, 11) is -1.79. The molecule has 6 heteroatoms. The molecule has 25 heavy (non-hydrogen) atoms. The second-order valence-electron chi connectivity index (χ2n) is 5.77. The molecule has 0 saturated heterocycles. The molecule has 1 heterocycles. The van der Waals surface area contributed by atoms with Gasteiger partial charge in [-0.15, -0.1) is 0 Å². The van der Waals surface area contributed by atoms with Crippen LogP contribution in [0.4, 0.5) is 5.69 Å². The quantitative estimate of drug-likeness (QED) is 0.779. The number of anilines is 1. The summed E-state index contributed by atoms with van der Waals surface area (Å²) in [5.41, 5.74) is 3.85. The lowest BCUT2D eigenvalue weighted by Gasteiger charge is -2.10. The molecule has 0 aliphatic heterocycles. The van der Waals surface area contributed by atoms with Crippen molar-refractivity contribution in [1.82, 2.24) is 4.57 Å². The Bertz CT molecular complexity index is 1040. The number of benzene rings is 2. The number of aryl methyl sites for hydroxylation is 1. The van der Waals surface area contributed by atoms with Crippen LogP contribution in [0, 0.1) is 18.3 Å². The number of nitrogens with zero attached hydrogens (tertiary/aromatic N) is 2. The monoisotopic (exact) mass is 351 g/mol. The van der Waals surface area contributed by atoms with Gasteiger partial charge in [0.05, 0.1) is 4.90 Å². The van der Waals surface area contributed by atoms with Gasteiger partial charge in [0.25, 0.3) is 10.0 Å². The van der Waals surface area contributed by atoms with Crippen molar-refractivity contribution >= 4 is 15.7 Å². The zero-order valence-electron chi connectivity index (χ0n) is 13.9. The topological polar surface area (TPSA) is 74.9 Å². The summed E-state index contributed by atoms with van der Waals surface area (Å²) < 4.78 is 29.2. The molecule has 5 nitrogen and oxygen atoms in total. The van der Waals surface area contributed by atoms with Crippen molar-refractivity contribution in [2.24, 2.45) is 7.05 Å². The molecule has 2 aromatic carbocycles. The highest BCUT2D eigenvalue weighted by Gasteiger charge is 2.14. The van der Waals surface area contributed by atoms with E-state index >= 15 is 0 Å². The zero-order valence-corrected chi connectivity index (χ0v) is 14.7. The number of sulfonamides is 1. The molecule has 0 aliphatic rings. The van der Waals surface area contributed by atoms with Crippen LogP contribution in [0.25, 0.3) is 11.3 Å². The minimum absolute atomic E-state index is 0.225. The summed E-state index contributed by atoms with van der Waals surface area (Å²) in [6.45, 7) is 1.91. The minimum atomic E-state index is -3.61. The highest BCUT2D eigenvalue weighted by Crippen LogP contribution is 2.24. The third-order valence-electron chi connectivity index (χ3n) is 4.00. The van der Waals surface area contributed by atoms with Gasteiger partial charge >= 0.3 is 0 Å². The van der Waals surface area contributed by atoms with Crippen LogP contribution in [-0.4, -0.2) is 13.0 Å². The molecular formula is C19H17N3O2S. The summed E-state index contributed by atoms with van der Waals surface area (Å²) in [5, 5.41) is 9.03. The molecule has 3 rings (SSSR count). The van der Waals surface area contributed by atoms with Gasteiger partial charge in [0.15, 0.2) is 0 Å². The second-order valence-corrected chi connectivity index (χ2v) is 7.45. The molecule has 1 N–H and O–H groups in total. The standard InChI is InChI=1S/C19H17N3O2S/c1-14-3-10-18(11-4-14)25(23,24)21-16-7-5-15(6-8-16)19-12-9-17(13-20)22(19)2/h3-12,21H,1-2H3. The summed E-state index contributed by atoms with van der Waals surface area (Å²) in [6, 6.07) is 19.5. The van der Waals surface area contributed by atoms with E-state index in [0.29, 0.717) is 11.4 Å². The molecule has 0 atom stereocenters. The smallest absolute Gasteiger partial charge is 0.261 e. The van der Waals surface area contributed by atoms with E-state index in [-0.39, 0.29) is 4.90 Å². The largest absolute Gasteiger partial charge is 0.335 e. The first-order chi connectivity index (χ1) is 11.9. The predicted molar refractivity (Wildman–Crippen MR) is 97.6 cm³/mol. The fraction of sp³-hybridized carbons (Fsp3) is 0.105. The predicted octanol–water partition coefficient (Wildman–Crippen LogP) is 3.67. The molecule has 0 radical (unpaired) electrons. The molecule has 1 aromatic heterocycles. The van der Waals surface area contributed by atoms with Gasteiger partial charge in [0.1, 0.15) is 11.8 Å². The van der Waals surface area contributed by atoms with Crippen molar-refractivity contribution in [3.05, 3.63) is 71.9 Å². The van der Waals surface area contributed by atoms with Crippen molar-refractivity contribution in [1.29, 1.82) is 5.26 Å². The fourth-order valence-electron chi connectivity index (χ4n) is 2.55. The van der Waals surface area contributed by atoms with Gasteiger partial charge < -0.3 is 4.57 Å². The number of nitrogens with one attached hydrogen (secondary N) is 1. The van der Waals surface area contributed by atoms with E-state index in [1.807, 2.05) is 32.2 Å². The van der Waals surface area contributed by atoms with E-state index in [9.17, 15) is 8.42 Å². The molecule has 3 aromatic rings. The normalized spacial score (nSPS) is 11.1. The van der Waals surface area contributed by atoms with Crippen molar-refractivity contribution in [2.75, 3.05) is 4.72 Å².